The van der Waals surface area contributed by atoms with Gasteiger partial charge in [-0.05, 0) is 81.8 Å². The topological polar surface area (TPSA) is 215 Å². The quantitative estimate of drug-likeness (QED) is 0.0338. The van der Waals surface area contributed by atoms with Gasteiger partial charge in [-0.25, -0.2) is 0 Å². The first-order chi connectivity index (χ1) is 33.1. The largest absolute Gasteiger partial charge is 0.381 e. The van der Waals surface area contributed by atoms with Crippen LogP contribution < -0.4 is 32.7 Å². The summed E-state index contributed by atoms with van der Waals surface area (Å²) in [5.74, 6) is -6.47. The van der Waals surface area contributed by atoms with Gasteiger partial charge in [0.2, 0.25) is 23.6 Å². The molecule has 0 fully saturated rings. The molecule has 69 heavy (non-hydrogen) atoms. The first kappa shape index (κ1) is 52.2. The van der Waals surface area contributed by atoms with Crippen LogP contribution in [0.1, 0.15) is 56.9 Å². The van der Waals surface area contributed by atoms with Crippen molar-refractivity contribution in [1.29, 1.82) is 0 Å². The van der Waals surface area contributed by atoms with Crippen molar-refractivity contribution in [2.75, 3.05) is 6.61 Å². The summed E-state index contributed by atoms with van der Waals surface area (Å²) in [5.41, 5.74) is 16.2. The Labute approximate surface area is 405 Å². The molecule has 0 saturated heterocycles. The number of hydrogen-bond donors (Lipinski definition) is 7. The molecule has 6 aromatic carbocycles. The van der Waals surface area contributed by atoms with Gasteiger partial charge in [0, 0.05) is 6.42 Å². The number of carbonyl (C=O) groups is 4. The summed E-state index contributed by atoms with van der Waals surface area (Å²) < 4.78 is 21.9. The van der Waals surface area contributed by atoms with Crippen LogP contribution in [0.4, 0.5) is 0 Å². The predicted octanol–water partition coefficient (Wildman–Crippen LogP) is 6.76. The van der Waals surface area contributed by atoms with Crippen LogP contribution in [0.5, 0.6) is 0 Å². The molecule has 0 heterocycles. The number of amides is 4. The van der Waals surface area contributed by atoms with Crippen LogP contribution in [0.2, 0.25) is 0 Å². The highest BCUT2D eigenvalue weighted by molar-refractivity contribution is 7.60. The Morgan fingerprint density at radius 2 is 0.928 bits per heavy atom. The van der Waals surface area contributed by atoms with Crippen LogP contribution in [0.15, 0.2) is 146 Å². The smallest absolute Gasteiger partial charge is 0.254 e. The summed E-state index contributed by atoms with van der Waals surface area (Å²) >= 11 is 0. The van der Waals surface area contributed by atoms with E-state index in [1.54, 1.807) is 58.9 Å². The minimum atomic E-state index is -4.47. The summed E-state index contributed by atoms with van der Waals surface area (Å²) in [4.78, 5) is 56.6. The second kappa shape index (κ2) is 24.4. The van der Waals surface area contributed by atoms with Crippen molar-refractivity contribution in [2.45, 2.75) is 102 Å². The fourth-order valence-corrected chi connectivity index (χ4v) is 11.3. The van der Waals surface area contributed by atoms with Crippen molar-refractivity contribution >= 4 is 52.5 Å². The zero-order valence-corrected chi connectivity index (χ0v) is 41.0. The van der Waals surface area contributed by atoms with Crippen LogP contribution in [0.3, 0.4) is 0 Å². The van der Waals surface area contributed by atoms with Gasteiger partial charge < -0.3 is 42.4 Å². The van der Waals surface area contributed by atoms with Gasteiger partial charge in [0.05, 0.1) is 24.7 Å². The Bertz CT molecular complexity index is 2710. The maximum absolute atomic E-state index is 15.8. The van der Waals surface area contributed by atoms with E-state index in [-0.39, 0.29) is 32.3 Å². The number of fused-ring (bicyclic) bond motifs is 2. The lowest BCUT2D eigenvalue weighted by Gasteiger charge is -2.37. The van der Waals surface area contributed by atoms with Gasteiger partial charge in [-0.1, -0.05) is 173 Å². The van der Waals surface area contributed by atoms with Crippen LogP contribution in [-0.2, 0) is 54.0 Å². The van der Waals surface area contributed by atoms with E-state index >= 15 is 4.57 Å². The Hall–Kier alpha value is -6.21. The summed E-state index contributed by atoms with van der Waals surface area (Å²) in [6.07, 6.45) is 0.414. The third-order valence-electron chi connectivity index (χ3n) is 12.5. The van der Waals surface area contributed by atoms with E-state index in [1.807, 2.05) is 121 Å². The van der Waals surface area contributed by atoms with Crippen molar-refractivity contribution in [3.05, 3.63) is 168 Å². The van der Waals surface area contributed by atoms with Gasteiger partial charge in [0.25, 0.3) is 7.37 Å². The van der Waals surface area contributed by atoms with Crippen molar-refractivity contribution in [1.82, 2.24) is 21.3 Å². The number of aliphatic hydroxyl groups is 1. The molecule has 9 N–H and O–H groups in total. The molecule has 6 aromatic rings. The molecule has 0 saturated carbocycles. The zero-order chi connectivity index (χ0) is 49.7. The molecule has 0 aromatic heterocycles. The maximum Gasteiger partial charge on any atom is 0.254 e. The fraction of sp³-hybridized carbons (Fsp3) is 0.345. The standard InChI is InChI=1S/C55H67N6O7P/c1-6-68-69(67,48(32-38-21-11-8-12-22-38)59-54(65)50(36(4)5)61-52(63)46(57)34-42-28-18-26-40-24-14-16-30-44(40)42)55(66)47(31-37-19-9-7-10-20-37)58-53(64)49(35(2)3)60-51(62)45(56)33-41-27-17-25-39-23-13-15-29-43(39)41/h7-30,35-36,45-50,55,66H,6,31-34,56-57H2,1-5H3,(H,58,64)(H,59,65)(H,60,62)(H,61,63)/t45-,46-,47?,48+,49-,50-,55?,69?/m0/s1. The molecule has 13 nitrogen and oxygen atoms in total. The van der Waals surface area contributed by atoms with Crippen LogP contribution >= 0.6 is 7.37 Å². The molecule has 0 spiro atoms. The highest BCUT2D eigenvalue weighted by atomic mass is 31.2. The van der Waals surface area contributed by atoms with Gasteiger partial charge in [-0.2, -0.15) is 0 Å². The summed E-state index contributed by atoms with van der Waals surface area (Å²) in [6.45, 7) is 8.62. The Morgan fingerprint density at radius 1 is 0.522 bits per heavy atom. The normalized spacial score (nSPS) is 15.6. The number of hydrogen-bond acceptors (Lipinski definition) is 9. The van der Waals surface area contributed by atoms with Crippen molar-refractivity contribution in [2.24, 2.45) is 23.3 Å². The van der Waals surface area contributed by atoms with E-state index in [1.165, 1.54) is 0 Å². The lowest BCUT2D eigenvalue weighted by Crippen LogP contribution is -2.58. The average molecular weight is 955 g/mol. The minimum absolute atomic E-state index is 0.00936. The lowest BCUT2D eigenvalue weighted by molar-refractivity contribution is -0.131. The van der Waals surface area contributed by atoms with Gasteiger partial charge in [-0.3, -0.25) is 23.7 Å². The number of nitrogens with one attached hydrogen (secondary N) is 4. The lowest BCUT2D eigenvalue weighted by atomic mass is 9.97. The summed E-state index contributed by atoms with van der Waals surface area (Å²) in [6, 6.07) is 39.9. The number of benzene rings is 6. The molecule has 6 rings (SSSR count). The molecular formula is C55H67N6O7P. The predicted molar refractivity (Wildman–Crippen MR) is 274 cm³/mol. The molecule has 3 unspecified atom stereocenters. The maximum atomic E-state index is 15.8. The molecule has 364 valence electrons. The van der Waals surface area contributed by atoms with E-state index < -0.39 is 84.7 Å². The van der Waals surface area contributed by atoms with Gasteiger partial charge in [0.15, 0.2) is 5.85 Å². The van der Waals surface area contributed by atoms with Crippen molar-refractivity contribution < 1.29 is 33.4 Å². The Morgan fingerprint density at radius 3 is 1.38 bits per heavy atom. The van der Waals surface area contributed by atoms with Crippen LogP contribution in [0.25, 0.3) is 21.5 Å². The van der Waals surface area contributed by atoms with Crippen molar-refractivity contribution in [3.8, 4) is 0 Å². The molecule has 0 aliphatic carbocycles. The van der Waals surface area contributed by atoms with Gasteiger partial charge >= 0.3 is 0 Å². The minimum Gasteiger partial charge on any atom is -0.381 e. The highest BCUT2D eigenvalue weighted by Crippen LogP contribution is 2.57. The van der Waals surface area contributed by atoms with Gasteiger partial charge in [0.1, 0.15) is 17.9 Å². The molecular weight excluding hydrogens is 888 g/mol. The Balaban J connectivity index is 1.26. The number of carbonyl (C=O) groups excluding carboxylic acids is 4. The summed E-state index contributed by atoms with van der Waals surface area (Å²) in [5, 5.41) is 28.1. The van der Waals surface area contributed by atoms with Crippen molar-refractivity contribution in [3.63, 3.8) is 0 Å². The molecule has 0 radical (unpaired) electrons. The zero-order valence-electron chi connectivity index (χ0n) is 40.1. The molecule has 8 atom stereocenters. The third-order valence-corrected chi connectivity index (χ3v) is 15.4. The number of rotatable bonds is 23. The van der Waals surface area contributed by atoms with E-state index in [0.29, 0.717) is 11.1 Å². The molecule has 0 bridgehead atoms. The molecule has 0 aliphatic heterocycles. The second-order valence-corrected chi connectivity index (χ2v) is 21.1. The second-order valence-electron chi connectivity index (χ2n) is 18.4. The van der Waals surface area contributed by atoms with E-state index in [2.05, 4.69) is 21.3 Å². The number of aliphatic hydroxyl groups excluding tert-OH is 1. The number of nitrogens with two attached hydrogens (primary N) is 2. The fourth-order valence-electron chi connectivity index (χ4n) is 8.73. The average Bonchev–Trinajstić information content (AvgIpc) is 3.34. The summed E-state index contributed by atoms with van der Waals surface area (Å²) in [7, 11) is -4.47. The van der Waals surface area contributed by atoms with E-state index in [9.17, 15) is 24.3 Å². The van der Waals surface area contributed by atoms with Gasteiger partial charge in [-0.15, -0.1) is 0 Å². The van der Waals surface area contributed by atoms with E-state index in [4.69, 9.17) is 16.0 Å². The third kappa shape index (κ3) is 13.5. The Kier molecular flexibility index (Phi) is 18.4. The first-order valence-electron chi connectivity index (χ1n) is 23.7. The SMILES string of the molecule is CCOP(=O)(C(O)C(Cc1ccccc1)NC(=O)[C@@H](NC(=O)[C@@H](N)Cc1cccc2ccccc12)C(C)C)[C@H](Cc1ccccc1)NC(=O)[C@@H](NC(=O)[C@@H](N)Cc1cccc2ccccc12)C(C)C. The molecule has 0 aliphatic rings. The molecule has 4 amide bonds. The molecule has 14 heteroatoms. The first-order valence-corrected chi connectivity index (χ1v) is 25.5. The van der Waals surface area contributed by atoms with Crippen LogP contribution in [-0.4, -0.2) is 77.2 Å². The van der Waals surface area contributed by atoms with Crippen LogP contribution in [0, 0.1) is 11.8 Å². The van der Waals surface area contributed by atoms with E-state index in [0.717, 1.165) is 32.7 Å². The highest BCUT2D eigenvalue weighted by Gasteiger charge is 2.47. The monoisotopic (exact) mass is 954 g/mol.